The third kappa shape index (κ3) is 2.54. The van der Waals surface area contributed by atoms with Crippen molar-refractivity contribution in [1.82, 2.24) is 10.6 Å². The number of benzene rings is 1. The van der Waals surface area contributed by atoms with E-state index in [4.69, 9.17) is 0 Å². The molecule has 0 bridgehead atoms. The fourth-order valence-electron chi connectivity index (χ4n) is 2.89. The second-order valence-electron chi connectivity index (χ2n) is 5.28. The summed E-state index contributed by atoms with van der Waals surface area (Å²) in [6, 6.07) is 7.62. The van der Waals surface area contributed by atoms with E-state index in [0.717, 1.165) is 31.6 Å². The van der Waals surface area contributed by atoms with E-state index in [1.54, 1.807) is 0 Å². The van der Waals surface area contributed by atoms with Crippen molar-refractivity contribution in [2.45, 2.75) is 25.3 Å². The molecule has 1 aromatic carbocycles. The average molecular weight is 273 g/mol. The average Bonchev–Trinajstić information content (AvgIpc) is 2.49. The lowest BCUT2D eigenvalue weighted by Gasteiger charge is -2.31. The van der Waals surface area contributed by atoms with E-state index < -0.39 is 6.04 Å². The van der Waals surface area contributed by atoms with Gasteiger partial charge >= 0.3 is 0 Å². The number of carbonyl (C=O) groups is 2. The summed E-state index contributed by atoms with van der Waals surface area (Å²) in [5.74, 6) is -0.0541. The molecular weight excluding hydrogens is 254 g/mol. The largest absolute Gasteiger partial charge is 0.353 e. The summed E-state index contributed by atoms with van der Waals surface area (Å²) in [5, 5.41) is 5.89. The zero-order valence-electron chi connectivity index (χ0n) is 11.4. The molecule has 1 saturated heterocycles. The van der Waals surface area contributed by atoms with Gasteiger partial charge in [0, 0.05) is 25.3 Å². The molecule has 0 aliphatic carbocycles. The molecule has 1 fully saturated rings. The molecule has 1 atom stereocenters. The van der Waals surface area contributed by atoms with E-state index >= 15 is 0 Å². The molecule has 2 heterocycles. The summed E-state index contributed by atoms with van der Waals surface area (Å²) < 4.78 is 0. The maximum atomic E-state index is 12.5. The Morgan fingerprint density at radius 2 is 2.15 bits per heavy atom. The number of aryl methyl sites for hydroxylation is 1. The number of hydrogen-bond acceptors (Lipinski definition) is 3. The molecule has 3 rings (SSSR count). The van der Waals surface area contributed by atoms with Crippen LogP contribution in [0, 0.1) is 0 Å². The van der Waals surface area contributed by atoms with Crippen LogP contribution in [0.1, 0.15) is 18.4 Å². The first-order valence-electron chi connectivity index (χ1n) is 7.15. The van der Waals surface area contributed by atoms with Crippen LogP contribution in [0.2, 0.25) is 0 Å². The molecule has 2 aliphatic heterocycles. The minimum absolute atomic E-state index is 0.0201. The number of rotatable bonds is 2. The summed E-state index contributed by atoms with van der Waals surface area (Å²) in [5.41, 5.74) is 2.22. The Morgan fingerprint density at radius 3 is 3.00 bits per heavy atom. The van der Waals surface area contributed by atoms with Crippen molar-refractivity contribution in [1.29, 1.82) is 0 Å². The van der Waals surface area contributed by atoms with Crippen molar-refractivity contribution < 1.29 is 9.59 Å². The van der Waals surface area contributed by atoms with Gasteiger partial charge in [-0.05, 0) is 24.5 Å². The van der Waals surface area contributed by atoms with Gasteiger partial charge in [-0.3, -0.25) is 9.59 Å². The molecule has 2 aliphatic rings. The van der Waals surface area contributed by atoms with E-state index in [1.165, 1.54) is 5.56 Å². The molecule has 0 unspecified atom stereocenters. The molecule has 0 spiro atoms. The van der Waals surface area contributed by atoms with Crippen LogP contribution in [-0.2, 0) is 16.0 Å². The summed E-state index contributed by atoms with van der Waals surface area (Å²) in [6.07, 6.45) is 2.22. The molecule has 106 valence electrons. The first kappa shape index (κ1) is 13.1. The monoisotopic (exact) mass is 273 g/mol. The fraction of sp³-hybridized carbons (Fsp3) is 0.467. The van der Waals surface area contributed by atoms with E-state index in [0.29, 0.717) is 6.54 Å². The van der Waals surface area contributed by atoms with Gasteiger partial charge in [0.15, 0.2) is 0 Å². The van der Waals surface area contributed by atoms with Crippen LogP contribution in [0.4, 0.5) is 5.69 Å². The second kappa shape index (κ2) is 5.63. The Morgan fingerprint density at radius 1 is 1.30 bits per heavy atom. The Hall–Kier alpha value is -1.88. The highest BCUT2D eigenvalue weighted by Gasteiger charge is 2.28. The van der Waals surface area contributed by atoms with Crippen LogP contribution in [0.15, 0.2) is 24.3 Å². The SMILES string of the molecule is O=C1NCCN[C@@H]1CC(=O)N1CCCc2ccccc21. The molecule has 2 amide bonds. The van der Waals surface area contributed by atoms with Crippen LogP contribution >= 0.6 is 0 Å². The third-order valence-corrected chi connectivity index (χ3v) is 3.92. The number of hydrogen-bond donors (Lipinski definition) is 2. The van der Waals surface area contributed by atoms with Gasteiger partial charge in [0.05, 0.1) is 12.5 Å². The number of piperazine rings is 1. The molecule has 1 aromatic rings. The highest BCUT2D eigenvalue weighted by atomic mass is 16.2. The normalized spacial score (nSPS) is 22.1. The predicted octanol–water partition coefficient (Wildman–Crippen LogP) is 0.444. The van der Waals surface area contributed by atoms with Gasteiger partial charge < -0.3 is 15.5 Å². The van der Waals surface area contributed by atoms with Crippen molar-refractivity contribution in [3.8, 4) is 0 Å². The number of nitrogens with one attached hydrogen (secondary N) is 2. The predicted molar refractivity (Wildman–Crippen MR) is 76.5 cm³/mol. The number of nitrogens with zero attached hydrogens (tertiary/aromatic N) is 1. The number of fused-ring (bicyclic) bond motifs is 1. The lowest BCUT2D eigenvalue weighted by atomic mass is 10.0. The van der Waals surface area contributed by atoms with Crippen LogP contribution in [-0.4, -0.2) is 37.5 Å². The molecule has 0 saturated carbocycles. The molecule has 5 heteroatoms. The second-order valence-corrected chi connectivity index (χ2v) is 5.28. The molecule has 5 nitrogen and oxygen atoms in total. The van der Waals surface area contributed by atoms with Crippen LogP contribution in [0.25, 0.3) is 0 Å². The van der Waals surface area contributed by atoms with Gasteiger partial charge in [0.25, 0.3) is 0 Å². The lowest BCUT2D eigenvalue weighted by molar-refractivity contribution is -0.128. The first-order chi connectivity index (χ1) is 9.75. The third-order valence-electron chi connectivity index (χ3n) is 3.92. The first-order valence-corrected chi connectivity index (χ1v) is 7.15. The van der Waals surface area contributed by atoms with E-state index in [2.05, 4.69) is 16.7 Å². The minimum atomic E-state index is -0.398. The van der Waals surface area contributed by atoms with Gasteiger partial charge in [0.2, 0.25) is 11.8 Å². The number of anilines is 1. The Kier molecular flexibility index (Phi) is 3.69. The maximum absolute atomic E-state index is 12.5. The molecule has 2 N–H and O–H groups in total. The highest BCUT2D eigenvalue weighted by molar-refractivity contribution is 5.98. The summed E-state index contributed by atoms with van der Waals surface area (Å²) in [7, 11) is 0. The van der Waals surface area contributed by atoms with Crippen molar-refractivity contribution in [2.75, 3.05) is 24.5 Å². The fourth-order valence-corrected chi connectivity index (χ4v) is 2.89. The van der Waals surface area contributed by atoms with E-state index in [1.807, 2.05) is 23.1 Å². The van der Waals surface area contributed by atoms with Gasteiger partial charge in [-0.1, -0.05) is 18.2 Å². The standard InChI is InChI=1S/C15H19N3O2/c19-14(10-12-15(20)17-8-7-16-12)18-9-3-5-11-4-1-2-6-13(11)18/h1-2,4,6,12,16H,3,5,7-10H2,(H,17,20)/t12-/m1/s1. The quantitative estimate of drug-likeness (QED) is 0.822. The Balaban J connectivity index is 1.73. The van der Waals surface area contributed by atoms with Gasteiger partial charge in [-0.15, -0.1) is 0 Å². The van der Waals surface area contributed by atoms with Crippen molar-refractivity contribution in [3.63, 3.8) is 0 Å². The van der Waals surface area contributed by atoms with Crippen molar-refractivity contribution in [2.24, 2.45) is 0 Å². The molecular formula is C15H19N3O2. The zero-order valence-corrected chi connectivity index (χ0v) is 11.4. The van der Waals surface area contributed by atoms with Gasteiger partial charge in [-0.2, -0.15) is 0 Å². The van der Waals surface area contributed by atoms with Crippen LogP contribution < -0.4 is 15.5 Å². The lowest BCUT2D eigenvalue weighted by Crippen LogP contribution is -2.54. The molecule has 0 aromatic heterocycles. The van der Waals surface area contributed by atoms with Gasteiger partial charge in [-0.25, -0.2) is 0 Å². The van der Waals surface area contributed by atoms with E-state index in [-0.39, 0.29) is 18.2 Å². The Bertz CT molecular complexity index is 530. The Labute approximate surface area is 118 Å². The van der Waals surface area contributed by atoms with Gasteiger partial charge in [0.1, 0.15) is 0 Å². The summed E-state index contributed by atoms with van der Waals surface area (Å²) in [6.45, 7) is 2.10. The number of carbonyl (C=O) groups excluding carboxylic acids is 2. The summed E-state index contributed by atoms with van der Waals surface area (Å²) >= 11 is 0. The van der Waals surface area contributed by atoms with Crippen LogP contribution in [0.5, 0.6) is 0 Å². The number of amides is 2. The topological polar surface area (TPSA) is 61.4 Å². The minimum Gasteiger partial charge on any atom is -0.353 e. The zero-order chi connectivity index (χ0) is 13.9. The maximum Gasteiger partial charge on any atom is 0.237 e. The molecule has 0 radical (unpaired) electrons. The smallest absolute Gasteiger partial charge is 0.237 e. The number of para-hydroxylation sites is 1. The van der Waals surface area contributed by atoms with Crippen molar-refractivity contribution >= 4 is 17.5 Å². The van der Waals surface area contributed by atoms with Crippen LogP contribution in [0.3, 0.4) is 0 Å². The molecule has 20 heavy (non-hydrogen) atoms. The van der Waals surface area contributed by atoms with E-state index in [9.17, 15) is 9.59 Å². The highest BCUT2D eigenvalue weighted by Crippen LogP contribution is 2.27. The van der Waals surface area contributed by atoms with Crippen molar-refractivity contribution in [3.05, 3.63) is 29.8 Å². The summed E-state index contributed by atoms with van der Waals surface area (Å²) in [4.78, 5) is 26.0.